The number of carbonyl (C=O) groups is 1. The van der Waals surface area contributed by atoms with Gasteiger partial charge in [-0.05, 0) is 41.5 Å². The lowest BCUT2D eigenvalue weighted by atomic mass is 10.0. The van der Waals surface area contributed by atoms with E-state index < -0.39 is 23.9 Å². The van der Waals surface area contributed by atoms with Gasteiger partial charge < -0.3 is 4.74 Å². The molecule has 0 saturated heterocycles. The van der Waals surface area contributed by atoms with Gasteiger partial charge in [0.1, 0.15) is 12.0 Å². The van der Waals surface area contributed by atoms with E-state index in [-0.39, 0.29) is 16.7 Å². The fourth-order valence-electron chi connectivity index (χ4n) is 1.90. The summed E-state index contributed by atoms with van der Waals surface area (Å²) < 4.78 is 78.0. The van der Waals surface area contributed by atoms with E-state index in [4.69, 9.17) is 0 Å². The number of benzene rings is 2. The van der Waals surface area contributed by atoms with Crippen LogP contribution < -0.4 is 4.74 Å². The number of aldehydes is 1. The molecule has 0 N–H and O–H groups in total. The first-order chi connectivity index (χ1) is 10.6. The molecule has 0 aliphatic rings. The van der Waals surface area contributed by atoms with Crippen LogP contribution in [0.2, 0.25) is 0 Å². The molecular formula is C15H8F6O2. The Kier molecular flexibility index (Phi) is 4.35. The minimum Gasteiger partial charge on any atom is -0.406 e. The van der Waals surface area contributed by atoms with Gasteiger partial charge in [-0.3, -0.25) is 4.79 Å². The van der Waals surface area contributed by atoms with Gasteiger partial charge in [0.25, 0.3) is 0 Å². The molecule has 0 atom stereocenters. The summed E-state index contributed by atoms with van der Waals surface area (Å²) in [5, 5.41) is 0. The van der Waals surface area contributed by atoms with E-state index in [1.54, 1.807) is 0 Å². The third-order valence-electron chi connectivity index (χ3n) is 2.84. The first-order valence-corrected chi connectivity index (χ1v) is 6.12. The Labute approximate surface area is 126 Å². The lowest BCUT2D eigenvalue weighted by Gasteiger charge is -2.12. The van der Waals surface area contributed by atoms with Gasteiger partial charge in [0.2, 0.25) is 0 Å². The normalized spacial score (nSPS) is 12.1. The van der Waals surface area contributed by atoms with Crippen LogP contribution in [-0.2, 0) is 6.18 Å². The summed E-state index contributed by atoms with van der Waals surface area (Å²) in [6, 6.07) is 6.92. The number of carbonyl (C=O) groups excluding carboxylic acids is 1. The molecule has 0 heterocycles. The molecule has 2 nitrogen and oxygen atoms in total. The minimum absolute atomic E-state index is 0.0957. The maximum atomic E-state index is 12.5. The summed E-state index contributed by atoms with van der Waals surface area (Å²) in [6.07, 6.45) is -9.15. The third-order valence-corrected chi connectivity index (χ3v) is 2.84. The molecule has 2 rings (SSSR count). The molecule has 2 aromatic rings. The van der Waals surface area contributed by atoms with Gasteiger partial charge in [-0.25, -0.2) is 0 Å². The quantitative estimate of drug-likeness (QED) is 0.578. The molecule has 0 fully saturated rings. The van der Waals surface area contributed by atoms with Crippen LogP contribution in [0.25, 0.3) is 11.1 Å². The van der Waals surface area contributed by atoms with E-state index in [9.17, 15) is 31.1 Å². The first-order valence-electron chi connectivity index (χ1n) is 6.12. The molecule has 0 aliphatic heterocycles. The molecule has 0 saturated carbocycles. The van der Waals surface area contributed by atoms with Gasteiger partial charge in [0.05, 0.1) is 5.56 Å². The monoisotopic (exact) mass is 334 g/mol. The lowest BCUT2D eigenvalue weighted by Crippen LogP contribution is -2.17. The third kappa shape index (κ3) is 4.48. The van der Waals surface area contributed by atoms with Gasteiger partial charge in [-0.2, -0.15) is 13.2 Å². The van der Waals surface area contributed by atoms with Crippen LogP contribution in [0.3, 0.4) is 0 Å². The molecule has 0 spiro atoms. The van der Waals surface area contributed by atoms with Crippen molar-refractivity contribution in [2.24, 2.45) is 0 Å². The Balaban J connectivity index is 2.42. The molecule has 0 amide bonds. The average molecular weight is 334 g/mol. The maximum absolute atomic E-state index is 12.5. The fraction of sp³-hybridized carbons (Fsp3) is 0.133. The Hall–Kier alpha value is -2.51. The van der Waals surface area contributed by atoms with Crippen molar-refractivity contribution in [2.45, 2.75) is 12.5 Å². The van der Waals surface area contributed by atoms with Crippen LogP contribution in [0.15, 0.2) is 42.5 Å². The Morgan fingerprint density at radius 2 is 1.43 bits per heavy atom. The number of rotatable bonds is 3. The zero-order valence-electron chi connectivity index (χ0n) is 11.2. The van der Waals surface area contributed by atoms with Gasteiger partial charge in [0, 0.05) is 5.56 Å². The Bertz CT molecular complexity index is 701. The van der Waals surface area contributed by atoms with E-state index in [0.29, 0.717) is 6.29 Å². The predicted octanol–water partition coefficient (Wildman–Crippen LogP) is 5.08. The zero-order chi connectivity index (χ0) is 17.3. The number of ether oxygens (including phenoxy) is 1. The van der Waals surface area contributed by atoms with Gasteiger partial charge in [-0.15, -0.1) is 13.2 Å². The van der Waals surface area contributed by atoms with E-state index in [1.165, 1.54) is 6.07 Å². The van der Waals surface area contributed by atoms with Crippen LogP contribution in [0.1, 0.15) is 15.9 Å². The highest BCUT2D eigenvalue weighted by atomic mass is 19.4. The standard InChI is InChI=1S/C15H8F6O2/c16-14(17,18)12-3-1-10(2-4-12)11-5-9(8-22)6-13(7-11)23-15(19,20)21/h1-8H. The smallest absolute Gasteiger partial charge is 0.406 e. The average Bonchev–Trinajstić information content (AvgIpc) is 2.44. The fourth-order valence-corrected chi connectivity index (χ4v) is 1.90. The summed E-state index contributed by atoms with van der Waals surface area (Å²) in [4.78, 5) is 10.8. The summed E-state index contributed by atoms with van der Waals surface area (Å²) >= 11 is 0. The summed E-state index contributed by atoms with van der Waals surface area (Å²) in [5.41, 5.74) is -0.641. The van der Waals surface area contributed by atoms with Crippen molar-refractivity contribution in [1.82, 2.24) is 0 Å². The molecule has 0 unspecified atom stereocenters. The topological polar surface area (TPSA) is 26.3 Å². The summed E-state index contributed by atoms with van der Waals surface area (Å²) in [5.74, 6) is -0.628. The molecule has 0 radical (unpaired) electrons. The van der Waals surface area contributed by atoms with Crippen LogP contribution in [0.4, 0.5) is 26.3 Å². The van der Waals surface area contributed by atoms with Crippen molar-refractivity contribution in [3.05, 3.63) is 53.6 Å². The van der Waals surface area contributed by atoms with Crippen molar-refractivity contribution in [3.63, 3.8) is 0 Å². The second-order valence-electron chi connectivity index (χ2n) is 4.53. The van der Waals surface area contributed by atoms with Gasteiger partial charge in [0.15, 0.2) is 0 Å². The Morgan fingerprint density at radius 1 is 0.826 bits per heavy atom. The largest absolute Gasteiger partial charge is 0.573 e. The predicted molar refractivity (Wildman–Crippen MR) is 69.0 cm³/mol. The van der Waals surface area contributed by atoms with Crippen molar-refractivity contribution >= 4 is 6.29 Å². The Morgan fingerprint density at radius 3 is 1.91 bits per heavy atom. The minimum atomic E-state index is -4.95. The molecule has 0 aromatic heterocycles. The molecule has 122 valence electrons. The maximum Gasteiger partial charge on any atom is 0.573 e. The highest BCUT2D eigenvalue weighted by Crippen LogP contribution is 2.33. The molecule has 0 bridgehead atoms. The highest BCUT2D eigenvalue weighted by molar-refractivity contribution is 5.80. The van der Waals surface area contributed by atoms with Crippen molar-refractivity contribution < 1.29 is 35.9 Å². The van der Waals surface area contributed by atoms with Gasteiger partial charge in [-0.1, -0.05) is 12.1 Å². The molecule has 8 heteroatoms. The SMILES string of the molecule is O=Cc1cc(OC(F)(F)F)cc(-c2ccc(C(F)(F)F)cc2)c1. The highest BCUT2D eigenvalue weighted by Gasteiger charge is 2.32. The first kappa shape index (κ1) is 16.9. The van der Waals surface area contributed by atoms with Crippen LogP contribution in [-0.4, -0.2) is 12.6 Å². The number of alkyl halides is 6. The molecule has 2 aromatic carbocycles. The van der Waals surface area contributed by atoms with Crippen LogP contribution in [0.5, 0.6) is 5.75 Å². The van der Waals surface area contributed by atoms with Crippen LogP contribution in [0, 0.1) is 0 Å². The van der Waals surface area contributed by atoms with Crippen LogP contribution >= 0.6 is 0 Å². The van der Waals surface area contributed by atoms with Crippen molar-refractivity contribution in [1.29, 1.82) is 0 Å². The molecular weight excluding hydrogens is 326 g/mol. The van der Waals surface area contributed by atoms with Crippen molar-refractivity contribution in [3.8, 4) is 16.9 Å². The number of hydrogen-bond donors (Lipinski definition) is 0. The molecule has 23 heavy (non-hydrogen) atoms. The second-order valence-corrected chi connectivity index (χ2v) is 4.53. The summed E-state index contributed by atoms with van der Waals surface area (Å²) in [6.45, 7) is 0. The number of halogens is 6. The molecule has 0 aliphatic carbocycles. The van der Waals surface area contributed by atoms with E-state index in [2.05, 4.69) is 4.74 Å². The van der Waals surface area contributed by atoms with E-state index >= 15 is 0 Å². The summed E-state index contributed by atoms with van der Waals surface area (Å²) in [7, 11) is 0. The lowest BCUT2D eigenvalue weighted by molar-refractivity contribution is -0.274. The van der Waals surface area contributed by atoms with E-state index in [0.717, 1.165) is 36.4 Å². The van der Waals surface area contributed by atoms with Gasteiger partial charge >= 0.3 is 12.5 Å². The second kappa shape index (κ2) is 5.94. The van der Waals surface area contributed by atoms with Crippen molar-refractivity contribution in [2.75, 3.05) is 0 Å². The van der Waals surface area contributed by atoms with E-state index in [1.807, 2.05) is 0 Å². The zero-order valence-corrected chi connectivity index (χ0v) is 11.2. The number of hydrogen-bond acceptors (Lipinski definition) is 2.